The van der Waals surface area contributed by atoms with Crippen LogP contribution in [0.4, 0.5) is 5.82 Å². The summed E-state index contributed by atoms with van der Waals surface area (Å²) in [7, 11) is 1.90. The fourth-order valence-corrected chi connectivity index (χ4v) is 2.61. The minimum atomic E-state index is 0.545. The van der Waals surface area contributed by atoms with Crippen molar-refractivity contribution in [2.24, 2.45) is 13.0 Å². The van der Waals surface area contributed by atoms with Crippen LogP contribution in [0.5, 0.6) is 0 Å². The first-order valence-corrected chi connectivity index (χ1v) is 6.13. The maximum Gasteiger partial charge on any atom is 0.163 e. The SMILES string of the molecule is CC1CCC(Nc2ncnc3c2cnn3C)C1. The Labute approximate surface area is 100 Å². The van der Waals surface area contributed by atoms with Gasteiger partial charge in [0.15, 0.2) is 5.65 Å². The standard InChI is InChI=1S/C12H17N5/c1-8-3-4-9(5-8)16-11-10-6-15-17(2)12(10)14-7-13-11/h6-9H,3-5H2,1-2H3,(H,13,14,16). The van der Waals surface area contributed by atoms with Crippen LogP contribution in [0, 0.1) is 5.92 Å². The highest BCUT2D eigenvalue weighted by Gasteiger charge is 2.22. The Morgan fingerprint density at radius 1 is 1.35 bits per heavy atom. The molecule has 0 radical (unpaired) electrons. The highest BCUT2D eigenvalue weighted by Crippen LogP contribution is 2.28. The van der Waals surface area contributed by atoms with E-state index in [1.54, 1.807) is 11.0 Å². The molecule has 1 aliphatic carbocycles. The van der Waals surface area contributed by atoms with Crippen LogP contribution in [0.3, 0.4) is 0 Å². The van der Waals surface area contributed by atoms with Gasteiger partial charge >= 0.3 is 0 Å². The minimum absolute atomic E-state index is 0.545. The highest BCUT2D eigenvalue weighted by molar-refractivity contribution is 5.86. The van der Waals surface area contributed by atoms with Gasteiger partial charge in [0, 0.05) is 13.1 Å². The Morgan fingerprint density at radius 2 is 2.24 bits per heavy atom. The Bertz CT molecular complexity index is 533. The van der Waals surface area contributed by atoms with Crippen LogP contribution in [-0.2, 0) is 7.05 Å². The molecule has 5 nitrogen and oxygen atoms in total. The maximum atomic E-state index is 4.33. The average molecular weight is 231 g/mol. The molecule has 0 spiro atoms. The predicted octanol–water partition coefficient (Wildman–Crippen LogP) is 1.96. The van der Waals surface area contributed by atoms with Crippen molar-refractivity contribution < 1.29 is 0 Å². The van der Waals surface area contributed by atoms with Crippen molar-refractivity contribution >= 4 is 16.9 Å². The molecule has 0 aliphatic heterocycles. The zero-order chi connectivity index (χ0) is 11.8. The van der Waals surface area contributed by atoms with Crippen LogP contribution < -0.4 is 5.32 Å². The molecule has 1 saturated carbocycles. The van der Waals surface area contributed by atoms with Gasteiger partial charge in [0.05, 0.1) is 11.6 Å². The Kier molecular flexibility index (Phi) is 2.46. The van der Waals surface area contributed by atoms with Gasteiger partial charge in [0.1, 0.15) is 12.1 Å². The van der Waals surface area contributed by atoms with E-state index >= 15 is 0 Å². The molecule has 2 aromatic rings. The summed E-state index contributed by atoms with van der Waals surface area (Å²) >= 11 is 0. The molecule has 0 saturated heterocycles. The number of rotatable bonds is 2. The first-order chi connectivity index (χ1) is 8.24. The second-order valence-electron chi connectivity index (χ2n) is 4.99. The van der Waals surface area contributed by atoms with Crippen LogP contribution in [0.25, 0.3) is 11.0 Å². The molecule has 90 valence electrons. The lowest BCUT2D eigenvalue weighted by Crippen LogP contribution is -2.16. The van der Waals surface area contributed by atoms with E-state index in [1.807, 2.05) is 13.2 Å². The van der Waals surface area contributed by atoms with Gasteiger partial charge in [0.2, 0.25) is 0 Å². The molecule has 2 aromatic heterocycles. The normalized spacial score (nSPS) is 24.4. The summed E-state index contributed by atoms with van der Waals surface area (Å²) < 4.78 is 1.78. The highest BCUT2D eigenvalue weighted by atomic mass is 15.3. The summed E-state index contributed by atoms with van der Waals surface area (Å²) in [4.78, 5) is 8.57. The molecule has 2 atom stereocenters. The van der Waals surface area contributed by atoms with E-state index < -0.39 is 0 Å². The van der Waals surface area contributed by atoms with E-state index in [0.29, 0.717) is 6.04 Å². The predicted molar refractivity (Wildman–Crippen MR) is 66.7 cm³/mol. The monoisotopic (exact) mass is 231 g/mol. The van der Waals surface area contributed by atoms with Crippen molar-refractivity contribution in [3.63, 3.8) is 0 Å². The molecule has 1 aliphatic rings. The summed E-state index contributed by atoms with van der Waals surface area (Å²) in [6.45, 7) is 2.31. The lowest BCUT2D eigenvalue weighted by molar-refractivity contribution is 0.602. The van der Waals surface area contributed by atoms with Gasteiger partial charge in [-0.3, -0.25) is 4.68 Å². The van der Waals surface area contributed by atoms with Gasteiger partial charge in [-0.2, -0.15) is 5.10 Å². The van der Waals surface area contributed by atoms with Gasteiger partial charge in [-0.25, -0.2) is 9.97 Å². The smallest absolute Gasteiger partial charge is 0.163 e. The molecule has 17 heavy (non-hydrogen) atoms. The van der Waals surface area contributed by atoms with Gasteiger partial charge in [-0.1, -0.05) is 6.92 Å². The third kappa shape index (κ3) is 1.85. The van der Waals surface area contributed by atoms with E-state index in [9.17, 15) is 0 Å². The molecule has 5 heteroatoms. The second-order valence-corrected chi connectivity index (χ2v) is 4.99. The summed E-state index contributed by atoms with van der Waals surface area (Å²) in [5, 5.41) is 8.75. The maximum absolute atomic E-state index is 4.33. The van der Waals surface area contributed by atoms with Crippen molar-refractivity contribution in [2.75, 3.05) is 5.32 Å². The number of aromatic nitrogens is 4. The molecular formula is C12H17N5. The Balaban J connectivity index is 1.90. The van der Waals surface area contributed by atoms with Gasteiger partial charge in [-0.05, 0) is 25.2 Å². The van der Waals surface area contributed by atoms with Gasteiger partial charge in [-0.15, -0.1) is 0 Å². The number of nitrogens with one attached hydrogen (secondary N) is 1. The number of anilines is 1. The van der Waals surface area contributed by atoms with E-state index in [4.69, 9.17) is 0 Å². The topological polar surface area (TPSA) is 55.6 Å². The summed E-state index contributed by atoms with van der Waals surface area (Å²) in [5.74, 6) is 1.74. The van der Waals surface area contributed by atoms with Crippen molar-refractivity contribution in [3.05, 3.63) is 12.5 Å². The number of aryl methyl sites for hydroxylation is 1. The molecule has 0 aromatic carbocycles. The van der Waals surface area contributed by atoms with Gasteiger partial charge < -0.3 is 5.32 Å². The zero-order valence-electron chi connectivity index (χ0n) is 10.2. The van der Waals surface area contributed by atoms with E-state index in [-0.39, 0.29) is 0 Å². The van der Waals surface area contributed by atoms with Crippen LogP contribution >= 0.6 is 0 Å². The Morgan fingerprint density at radius 3 is 3.00 bits per heavy atom. The van der Waals surface area contributed by atoms with Crippen LogP contribution in [0.15, 0.2) is 12.5 Å². The second kappa shape index (κ2) is 3.98. The lowest BCUT2D eigenvalue weighted by atomic mass is 10.1. The van der Waals surface area contributed by atoms with Crippen molar-refractivity contribution in [1.29, 1.82) is 0 Å². The fraction of sp³-hybridized carbons (Fsp3) is 0.583. The van der Waals surface area contributed by atoms with Crippen molar-refractivity contribution in [1.82, 2.24) is 19.7 Å². The largest absolute Gasteiger partial charge is 0.367 e. The molecule has 2 unspecified atom stereocenters. The average Bonchev–Trinajstić information content (AvgIpc) is 2.88. The summed E-state index contributed by atoms with van der Waals surface area (Å²) in [5.41, 5.74) is 0.883. The number of nitrogens with zero attached hydrogens (tertiary/aromatic N) is 4. The molecule has 3 rings (SSSR count). The fourth-order valence-electron chi connectivity index (χ4n) is 2.61. The molecule has 1 fully saturated rings. The van der Waals surface area contributed by atoms with Crippen LogP contribution in [-0.4, -0.2) is 25.8 Å². The quantitative estimate of drug-likeness (QED) is 0.858. The molecule has 1 N–H and O–H groups in total. The zero-order valence-corrected chi connectivity index (χ0v) is 10.2. The molecular weight excluding hydrogens is 214 g/mol. The van der Waals surface area contributed by atoms with Crippen LogP contribution in [0.2, 0.25) is 0 Å². The summed E-state index contributed by atoms with van der Waals surface area (Å²) in [6.07, 6.45) is 7.19. The van der Waals surface area contributed by atoms with E-state index in [0.717, 1.165) is 22.8 Å². The number of fused-ring (bicyclic) bond motifs is 1. The number of hydrogen-bond acceptors (Lipinski definition) is 4. The third-order valence-corrected chi connectivity index (χ3v) is 3.57. The van der Waals surface area contributed by atoms with Crippen molar-refractivity contribution in [3.8, 4) is 0 Å². The molecule has 0 bridgehead atoms. The third-order valence-electron chi connectivity index (χ3n) is 3.57. The van der Waals surface area contributed by atoms with Gasteiger partial charge in [0.25, 0.3) is 0 Å². The molecule has 0 amide bonds. The van der Waals surface area contributed by atoms with Crippen molar-refractivity contribution in [2.45, 2.75) is 32.2 Å². The first kappa shape index (κ1) is 10.5. The first-order valence-electron chi connectivity index (χ1n) is 6.13. The van der Waals surface area contributed by atoms with E-state index in [1.165, 1.54) is 19.3 Å². The summed E-state index contributed by atoms with van der Waals surface area (Å²) in [6, 6.07) is 0.545. The Hall–Kier alpha value is -1.65. The lowest BCUT2D eigenvalue weighted by Gasteiger charge is -2.13. The number of hydrogen-bond donors (Lipinski definition) is 1. The minimum Gasteiger partial charge on any atom is -0.367 e. The molecule has 2 heterocycles. The van der Waals surface area contributed by atoms with E-state index in [2.05, 4.69) is 27.3 Å². The van der Waals surface area contributed by atoms with Crippen LogP contribution in [0.1, 0.15) is 26.2 Å².